The highest BCUT2D eigenvalue weighted by Gasteiger charge is 2.37. The minimum atomic E-state index is -0.887. The van der Waals surface area contributed by atoms with Crippen molar-refractivity contribution in [3.8, 4) is 0 Å². The van der Waals surface area contributed by atoms with Gasteiger partial charge in [-0.15, -0.1) is 11.3 Å². The molecule has 0 aromatic carbocycles. The Balaban J connectivity index is 1.94. The van der Waals surface area contributed by atoms with Crippen LogP contribution < -0.4 is 5.32 Å². The molecule has 0 bridgehead atoms. The molecule has 0 spiro atoms. The van der Waals surface area contributed by atoms with Crippen LogP contribution in [0.1, 0.15) is 32.1 Å². The number of carboxylic acids is 1. The van der Waals surface area contributed by atoms with Crippen LogP contribution in [-0.2, 0) is 16.1 Å². The Morgan fingerprint density at radius 1 is 1.48 bits per heavy atom. The highest BCUT2D eigenvalue weighted by atomic mass is 32.1. The van der Waals surface area contributed by atoms with Crippen molar-refractivity contribution in [3.05, 3.63) is 22.4 Å². The van der Waals surface area contributed by atoms with E-state index in [0.29, 0.717) is 19.5 Å². The van der Waals surface area contributed by atoms with Crippen LogP contribution in [-0.4, -0.2) is 46.8 Å². The van der Waals surface area contributed by atoms with Crippen molar-refractivity contribution < 1.29 is 19.4 Å². The van der Waals surface area contributed by atoms with E-state index in [1.165, 1.54) is 9.78 Å². The summed E-state index contributed by atoms with van der Waals surface area (Å²) < 4.78 is 5.33. The molecule has 0 aliphatic carbocycles. The maximum atomic E-state index is 12.1. The van der Waals surface area contributed by atoms with Gasteiger partial charge >= 0.3 is 12.1 Å². The second-order valence-electron chi connectivity index (χ2n) is 6.73. The fraction of sp³-hybridized carbons (Fsp3) is 0.625. The van der Waals surface area contributed by atoms with Gasteiger partial charge in [0.2, 0.25) is 0 Å². The third-order valence-electron chi connectivity index (χ3n) is 3.70. The number of ether oxygens (including phenoxy) is 1. The monoisotopic (exact) mass is 340 g/mol. The van der Waals surface area contributed by atoms with Crippen molar-refractivity contribution in [1.29, 1.82) is 0 Å². The first kappa shape index (κ1) is 17.7. The summed E-state index contributed by atoms with van der Waals surface area (Å²) in [5.41, 5.74) is -0.579. The molecular weight excluding hydrogens is 316 g/mol. The summed E-state index contributed by atoms with van der Waals surface area (Å²) in [6.07, 6.45) is 0.155. The number of rotatable bonds is 4. The molecule has 1 aliphatic rings. The summed E-state index contributed by atoms with van der Waals surface area (Å²) in [6.45, 7) is 6.73. The molecule has 1 fully saturated rings. The molecule has 1 aromatic heterocycles. The van der Waals surface area contributed by atoms with Crippen molar-refractivity contribution in [2.75, 3.05) is 13.1 Å². The number of carbonyl (C=O) groups is 2. The van der Waals surface area contributed by atoms with E-state index in [-0.39, 0.29) is 12.6 Å². The minimum Gasteiger partial charge on any atom is -0.481 e. The number of carboxylic acid groups (broad SMARTS) is 1. The number of aliphatic carboxylic acids is 1. The Kier molecular flexibility index (Phi) is 5.64. The number of hydrogen-bond acceptors (Lipinski definition) is 5. The van der Waals surface area contributed by atoms with Gasteiger partial charge in [-0.05, 0) is 38.6 Å². The van der Waals surface area contributed by atoms with E-state index in [4.69, 9.17) is 4.74 Å². The van der Waals surface area contributed by atoms with Crippen molar-refractivity contribution in [1.82, 2.24) is 10.2 Å². The molecule has 128 valence electrons. The van der Waals surface area contributed by atoms with E-state index < -0.39 is 23.6 Å². The van der Waals surface area contributed by atoms with Gasteiger partial charge in [0, 0.05) is 30.6 Å². The summed E-state index contributed by atoms with van der Waals surface area (Å²) >= 11 is 1.64. The van der Waals surface area contributed by atoms with E-state index >= 15 is 0 Å². The third-order valence-corrected chi connectivity index (χ3v) is 4.58. The van der Waals surface area contributed by atoms with E-state index in [2.05, 4.69) is 5.32 Å². The zero-order valence-electron chi connectivity index (χ0n) is 13.7. The van der Waals surface area contributed by atoms with Crippen molar-refractivity contribution >= 4 is 23.4 Å². The quantitative estimate of drug-likeness (QED) is 0.880. The SMILES string of the molecule is CC(C)(C)OC(=O)N1CCC(NCc2cccs2)C(C(=O)O)C1. The molecule has 2 heterocycles. The topological polar surface area (TPSA) is 78.9 Å². The van der Waals surface area contributed by atoms with E-state index in [0.717, 1.165) is 0 Å². The van der Waals surface area contributed by atoms with Crippen LogP contribution in [0.15, 0.2) is 17.5 Å². The third kappa shape index (κ3) is 5.21. The molecule has 1 amide bonds. The van der Waals surface area contributed by atoms with Gasteiger partial charge in [0.15, 0.2) is 0 Å². The Labute approximate surface area is 140 Å². The van der Waals surface area contributed by atoms with Crippen LogP contribution in [0, 0.1) is 5.92 Å². The molecule has 2 N–H and O–H groups in total. The first-order valence-electron chi connectivity index (χ1n) is 7.73. The Morgan fingerprint density at radius 3 is 2.78 bits per heavy atom. The standard InChI is InChI=1S/C16H24N2O4S/c1-16(2,3)22-15(21)18-7-6-13(12(10-18)14(19)20)17-9-11-5-4-8-23-11/h4-5,8,12-13,17H,6-7,9-10H2,1-3H3,(H,19,20). The Hall–Kier alpha value is -1.60. The number of nitrogens with one attached hydrogen (secondary N) is 1. The van der Waals surface area contributed by atoms with E-state index in [9.17, 15) is 14.7 Å². The van der Waals surface area contributed by atoms with Gasteiger partial charge in [-0.1, -0.05) is 6.07 Å². The van der Waals surface area contributed by atoms with Crippen molar-refractivity contribution in [2.45, 2.75) is 45.4 Å². The molecule has 1 aliphatic heterocycles. The van der Waals surface area contributed by atoms with Crippen LogP contribution >= 0.6 is 11.3 Å². The van der Waals surface area contributed by atoms with Gasteiger partial charge in [0.1, 0.15) is 5.60 Å². The molecule has 7 heteroatoms. The van der Waals surface area contributed by atoms with Crippen LogP contribution in [0.25, 0.3) is 0 Å². The fourth-order valence-electron chi connectivity index (χ4n) is 2.58. The lowest BCUT2D eigenvalue weighted by molar-refractivity contribution is -0.144. The Bertz CT molecular complexity index is 539. The number of piperidine rings is 1. The highest BCUT2D eigenvalue weighted by Crippen LogP contribution is 2.21. The lowest BCUT2D eigenvalue weighted by Gasteiger charge is -2.37. The number of thiophene rings is 1. The maximum Gasteiger partial charge on any atom is 0.410 e. The molecule has 2 rings (SSSR count). The maximum absolute atomic E-state index is 12.1. The van der Waals surface area contributed by atoms with Gasteiger partial charge in [-0.25, -0.2) is 4.79 Å². The first-order valence-corrected chi connectivity index (χ1v) is 8.61. The van der Waals surface area contributed by atoms with Crippen LogP contribution in [0.4, 0.5) is 4.79 Å². The van der Waals surface area contributed by atoms with Gasteiger partial charge in [-0.2, -0.15) is 0 Å². The summed E-state index contributed by atoms with van der Waals surface area (Å²) in [6, 6.07) is 3.85. The van der Waals surface area contributed by atoms with Gasteiger partial charge < -0.3 is 20.1 Å². The smallest absolute Gasteiger partial charge is 0.410 e. The summed E-state index contributed by atoms with van der Waals surface area (Å²) in [4.78, 5) is 26.4. The average Bonchev–Trinajstić information content (AvgIpc) is 2.96. The number of nitrogens with zero attached hydrogens (tertiary/aromatic N) is 1. The number of amides is 1. The highest BCUT2D eigenvalue weighted by molar-refractivity contribution is 7.09. The van der Waals surface area contributed by atoms with Crippen LogP contribution in [0.2, 0.25) is 0 Å². The molecule has 0 saturated carbocycles. The number of hydrogen-bond donors (Lipinski definition) is 2. The normalized spacial score (nSPS) is 22.0. The first-order chi connectivity index (χ1) is 10.8. The lowest BCUT2D eigenvalue weighted by Crippen LogP contribution is -2.54. The average molecular weight is 340 g/mol. The van der Waals surface area contributed by atoms with Gasteiger partial charge in [-0.3, -0.25) is 4.79 Å². The molecular formula is C16H24N2O4S. The second-order valence-corrected chi connectivity index (χ2v) is 7.76. The predicted molar refractivity (Wildman–Crippen MR) is 88.5 cm³/mol. The van der Waals surface area contributed by atoms with Gasteiger partial charge in [0.25, 0.3) is 0 Å². The van der Waals surface area contributed by atoms with E-state index in [1.54, 1.807) is 32.1 Å². The molecule has 1 aromatic rings. The largest absolute Gasteiger partial charge is 0.481 e. The summed E-state index contributed by atoms with van der Waals surface area (Å²) in [5, 5.41) is 14.8. The zero-order chi connectivity index (χ0) is 17.0. The van der Waals surface area contributed by atoms with E-state index in [1.807, 2.05) is 17.5 Å². The zero-order valence-corrected chi connectivity index (χ0v) is 14.6. The van der Waals surface area contributed by atoms with Crippen LogP contribution in [0.3, 0.4) is 0 Å². The van der Waals surface area contributed by atoms with Gasteiger partial charge in [0.05, 0.1) is 5.92 Å². The molecule has 0 radical (unpaired) electrons. The predicted octanol–water partition coefficient (Wildman–Crippen LogP) is 2.55. The Morgan fingerprint density at radius 2 is 2.22 bits per heavy atom. The number of carbonyl (C=O) groups excluding carboxylic acids is 1. The minimum absolute atomic E-state index is 0.145. The summed E-state index contributed by atoms with van der Waals surface area (Å²) in [7, 11) is 0. The molecule has 2 atom stereocenters. The molecule has 1 saturated heterocycles. The molecule has 6 nitrogen and oxygen atoms in total. The number of likely N-dealkylation sites (tertiary alicyclic amines) is 1. The fourth-order valence-corrected chi connectivity index (χ4v) is 3.24. The molecule has 23 heavy (non-hydrogen) atoms. The molecule has 2 unspecified atom stereocenters. The lowest BCUT2D eigenvalue weighted by atomic mass is 9.92. The van der Waals surface area contributed by atoms with Crippen molar-refractivity contribution in [3.63, 3.8) is 0 Å². The summed E-state index contributed by atoms with van der Waals surface area (Å²) in [5.74, 6) is -1.52. The second kappa shape index (κ2) is 7.31. The van der Waals surface area contributed by atoms with Crippen LogP contribution in [0.5, 0.6) is 0 Å². The van der Waals surface area contributed by atoms with Crippen molar-refractivity contribution in [2.24, 2.45) is 5.92 Å².